The minimum Gasteiger partial charge on any atom is -0.507 e. The summed E-state index contributed by atoms with van der Waals surface area (Å²) in [6, 6.07) is 1.36. The Morgan fingerprint density at radius 3 is 2.64 bits per heavy atom. The third-order valence-corrected chi connectivity index (χ3v) is 5.99. The normalized spacial score (nSPS) is 24.2. The molecule has 0 aromatic heterocycles. The Morgan fingerprint density at radius 2 is 2.04 bits per heavy atom. The summed E-state index contributed by atoms with van der Waals surface area (Å²) in [5.74, 6) is -0.523. The monoisotopic (exact) mass is 386 g/mol. The molecule has 2 atom stereocenters. The third-order valence-electron chi connectivity index (χ3n) is 5.99. The van der Waals surface area contributed by atoms with Crippen molar-refractivity contribution in [3.05, 3.63) is 45.7 Å². The number of allylic oxidation sites excluding steroid dienone is 3. The Hall–Kier alpha value is -2.60. The van der Waals surface area contributed by atoms with E-state index in [9.17, 15) is 19.8 Å². The molecule has 0 amide bonds. The number of phenols is 1. The van der Waals surface area contributed by atoms with E-state index in [0.717, 1.165) is 5.57 Å². The zero-order chi connectivity index (χ0) is 20.8. The Balaban J connectivity index is 2.13. The topological polar surface area (TPSA) is 93.1 Å². The zero-order valence-electron chi connectivity index (χ0n) is 16.9. The lowest BCUT2D eigenvalue weighted by Crippen LogP contribution is -2.32. The van der Waals surface area contributed by atoms with Crippen molar-refractivity contribution in [2.24, 2.45) is 0 Å². The predicted octanol–water partition coefficient (Wildman–Crippen LogP) is 3.45. The molecule has 28 heavy (non-hydrogen) atoms. The van der Waals surface area contributed by atoms with Gasteiger partial charge in [-0.1, -0.05) is 18.6 Å². The molecule has 2 N–H and O–H groups in total. The molecule has 1 aliphatic heterocycles. The smallest absolute Gasteiger partial charge is 0.228 e. The summed E-state index contributed by atoms with van der Waals surface area (Å²) in [6.07, 6.45) is 3.01. The molecule has 2 unspecified atom stereocenters. The molecule has 0 fully saturated rings. The predicted molar refractivity (Wildman–Crippen MR) is 104 cm³/mol. The van der Waals surface area contributed by atoms with Crippen LogP contribution in [0.15, 0.2) is 29.0 Å². The summed E-state index contributed by atoms with van der Waals surface area (Å²) in [7, 11) is 1.35. The lowest BCUT2D eigenvalue weighted by molar-refractivity contribution is 0.0902. The fourth-order valence-corrected chi connectivity index (χ4v) is 4.07. The van der Waals surface area contributed by atoms with Crippen LogP contribution in [0.25, 0.3) is 0 Å². The van der Waals surface area contributed by atoms with Crippen LogP contribution >= 0.6 is 0 Å². The van der Waals surface area contributed by atoms with Crippen molar-refractivity contribution in [1.82, 2.24) is 0 Å². The highest BCUT2D eigenvalue weighted by molar-refractivity contribution is 6.27. The molecule has 0 saturated heterocycles. The van der Waals surface area contributed by atoms with E-state index in [1.807, 2.05) is 26.8 Å². The molecule has 150 valence electrons. The first-order valence-electron chi connectivity index (χ1n) is 9.35. The van der Waals surface area contributed by atoms with E-state index in [-0.39, 0.29) is 46.7 Å². The average molecular weight is 386 g/mol. The minimum absolute atomic E-state index is 0.00215. The van der Waals surface area contributed by atoms with Crippen LogP contribution in [0, 0.1) is 0 Å². The average Bonchev–Trinajstić information content (AvgIpc) is 2.91. The molecule has 0 radical (unpaired) electrons. The van der Waals surface area contributed by atoms with Crippen LogP contribution in [-0.4, -0.2) is 41.6 Å². The van der Waals surface area contributed by atoms with Crippen molar-refractivity contribution in [3.63, 3.8) is 0 Å². The van der Waals surface area contributed by atoms with Gasteiger partial charge in [-0.15, -0.1) is 0 Å². The second-order valence-corrected chi connectivity index (χ2v) is 7.76. The fraction of sp³-hybridized carbons (Fsp3) is 0.455. The first kappa shape index (κ1) is 20.1. The number of benzene rings is 1. The summed E-state index contributed by atoms with van der Waals surface area (Å²) < 4.78 is 11.2. The highest BCUT2D eigenvalue weighted by Crippen LogP contribution is 2.53. The fourth-order valence-electron chi connectivity index (χ4n) is 4.07. The van der Waals surface area contributed by atoms with Gasteiger partial charge in [-0.05, 0) is 39.7 Å². The van der Waals surface area contributed by atoms with Gasteiger partial charge in [0.15, 0.2) is 11.5 Å². The van der Waals surface area contributed by atoms with Crippen LogP contribution in [0.3, 0.4) is 0 Å². The first-order chi connectivity index (χ1) is 13.2. The Bertz CT molecular complexity index is 923. The van der Waals surface area contributed by atoms with Gasteiger partial charge in [0.25, 0.3) is 0 Å². The highest BCUT2D eigenvalue weighted by atomic mass is 16.5. The number of hydrogen-bond donors (Lipinski definition) is 2. The molecule has 2 aliphatic rings. The quantitative estimate of drug-likeness (QED) is 0.753. The molecular formula is C22H26O6. The maximum Gasteiger partial charge on any atom is 0.228 e. The van der Waals surface area contributed by atoms with Gasteiger partial charge in [-0.3, -0.25) is 9.59 Å². The summed E-state index contributed by atoms with van der Waals surface area (Å²) in [5, 5.41) is 19.9. The number of aromatic hydroxyl groups is 1. The lowest BCUT2D eigenvalue weighted by Gasteiger charge is -2.28. The number of carbonyl (C=O) groups is 2. The number of carbonyl (C=O) groups excluding carboxylic acids is 2. The van der Waals surface area contributed by atoms with Gasteiger partial charge in [0, 0.05) is 22.1 Å². The first-order valence-corrected chi connectivity index (χ1v) is 9.35. The molecule has 6 nitrogen and oxygen atoms in total. The van der Waals surface area contributed by atoms with E-state index < -0.39 is 11.2 Å². The second kappa shape index (κ2) is 7.09. The molecule has 1 aromatic carbocycles. The zero-order valence-corrected chi connectivity index (χ0v) is 16.9. The van der Waals surface area contributed by atoms with Gasteiger partial charge in [0.1, 0.15) is 17.6 Å². The van der Waals surface area contributed by atoms with E-state index in [1.54, 1.807) is 6.92 Å². The summed E-state index contributed by atoms with van der Waals surface area (Å²) >= 11 is 0. The molecule has 3 rings (SSSR count). The number of phenolic OH excluding ortho intramolecular Hbond substituents is 1. The summed E-state index contributed by atoms with van der Waals surface area (Å²) in [4.78, 5) is 25.7. The Kier molecular flexibility index (Phi) is 5.10. The number of ketones is 2. The van der Waals surface area contributed by atoms with Gasteiger partial charge in [0.05, 0.1) is 19.3 Å². The molecule has 1 heterocycles. The van der Waals surface area contributed by atoms with Crippen molar-refractivity contribution < 1.29 is 29.3 Å². The van der Waals surface area contributed by atoms with Crippen LogP contribution < -0.4 is 4.74 Å². The maximum atomic E-state index is 13.0. The number of aliphatic hydroxyl groups is 1. The number of aliphatic hydroxyl groups excluding tert-OH is 1. The van der Waals surface area contributed by atoms with E-state index in [0.29, 0.717) is 24.2 Å². The third kappa shape index (κ3) is 2.83. The SMILES string of the molecule is COC1=C(C)C(=O)c2c(cc(O)c3c2OC(C)C3(C)CC/C=C(\C)CO)C1=O. The molecule has 0 spiro atoms. The number of fused-ring (bicyclic) bond motifs is 3. The van der Waals surface area contributed by atoms with E-state index in [2.05, 4.69) is 0 Å². The largest absolute Gasteiger partial charge is 0.507 e. The maximum absolute atomic E-state index is 13.0. The van der Waals surface area contributed by atoms with Crippen molar-refractivity contribution >= 4 is 11.6 Å². The van der Waals surface area contributed by atoms with Gasteiger partial charge < -0.3 is 19.7 Å². The van der Waals surface area contributed by atoms with Gasteiger partial charge >= 0.3 is 0 Å². The van der Waals surface area contributed by atoms with Crippen LogP contribution in [0.1, 0.15) is 66.8 Å². The standard InChI is InChI=1S/C22H26O6/c1-11(10-23)7-6-8-22(4)13(3)28-21-16-14(9-15(24)17(21)22)19(26)20(27-5)12(2)18(16)25/h7,9,13,23-24H,6,8,10H2,1-5H3/b11-7+. The summed E-state index contributed by atoms with van der Waals surface area (Å²) in [5.41, 5.74) is 1.44. The molecule has 6 heteroatoms. The Labute approximate surface area is 164 Å². The molecule has 0 bridgehead atoms. The second-order valence-electron chi connectivity index (χ2n) is 7.76. The number of ether oxygens (including phenoxy) is 2. The molecule has 0 saturated carbocycles. The number of methoxy groups -OCH3 is 1. The lowest BCUT2D eigenvalue weighted by atomic mass is 9.73. The van der Waals surface area contributed by atoms with Crippen molar-refractivity contribution in [3.8, 4) is 11.5 Å². The number of Topliss-reactive ketones (excluding diaryl/α,β-unsaturated/α-hetero) is 2. The van der Waals surface area contributed by atoms with Crippen LogP contribution in [-0.2, 0) is 10.2 Å². The van der Waals surface area contributed by atoms with E-state index in [4.69, 9.17) is 9.47 Å². The van der Waals surface area contributed by atoms with Gasteiger partial charge in [0.2, 0.25) is 5.78 Å². The van der Waals surface area contributed by atoms with Crippen LogP contribution in [0.2, 0.25) is 0 Å². The number of hydrogen-bond acceptors (Lipinski definition) is 6. The van der Waals surface area contributed by atoms with Gasteiger partial charge in [-0.25, -0.2) is 0 Å². The van der Waals surface area contributed by atoms with Crippen molar-refractivity contribution in [1.29, 1.82) is 0 Å². The van der Waals surface area contributed by atoms with E-state index >= 15 is 0 Å². The highest BCUT2D eigenvalue weighted by Gasteiger charge is 2.48. The van der Waals surface area contributed by atoms with Crippen molar-refractivity contribution in [2.75, 3.05) is 13.7 Å². The van der Waals surface area contributed by atoms with Crippen molar-refractivity contribution in [2.45, 2.75) is 52.1 Å². The van der Waals surface area contributed by atoms with Crippen LogP contribution in [0.4, 0.5) is 0 Å². The van der Waals surface area contributed by atoms with E-state index in [1.165, 1.54) is 13.2 Å². The molecular weight excluding hydrogens is 360 g/mol. The minimum atomic E-state index is -0.539. The Morgan fingerprint density at radius 1 is 1.36 bits per heavy atom. The van der Waals surface area contributed by atoms with Gasteiger partial charge in [-0.2, -0.15) is 0 Å². The summed E-state index contributed by atoms with van der Waals surface area (Å²) in [6.45, 7) is 7.29. The molecule has 1 aliphatic carbocycles. The van der Waals surface area contributed by atoms with Crippen LogP contribution in [0.5, 0.6) is 11.5 Å². The number of rotatable bonds is 5. The molecule has 1 aromatic rings.